The molecule has 0 bridgehead atoms. The molecule has 0 spiro atoms. The number of benzene rings is 1. The SMILES string of the molecule is N#Cc1cc(C(=O)Nc2cccc3[nH]cnc23)ccn1. The maximum absolute atomic E-state index is 12.2. The number of imidazole rings is 1. The van der Waals surface area contributed by atoms with E-state index in [2.05, 4.69) is 20.3 Å². The average molecular weight is 263 g/mol. The van der Waals surface area contributed by atoms with Gasteiger partial charge in [-0.3, -0.25) is 4.79 Å². The number of amides is 1. The second-order valence-electron chi connectivity index (χ2n) is 4.10. The Bertz CT molecular complexity index is 831. The standard InChI is InChI=1S/C14H9N5O/c15-7-10-6-9(4-5-16-10)14(20)19-12-3-1-2-11-13(12)18-8-17-11/h1-6,8H,(H,17,18)(H,19,20). The summed E-state index contributed by atoms with van der Waals surface area (Å²) in [5.41, 5.74) is 2.73. The molecule has 96 valence electrons. The molecule has 0 atom stereocenters. The highest BCUT2D eigenvalue weighted by atomic mass is 16.1. The Balaban J connectivity index is 1.93. The first-order chi connectivity index (χ1) is 9.78. The van der Waals surface area contributed by atoms with E-state index in [0.717, 1.165) is 5.52 Å². The van der Waals surface area contributed by atoms with Crippen molar-refractivity contribution in [3.05, 3.63) is 54.1 Å². The predicted molar refractivity (Wildman–Crippen MR) is 73.0 cm³/mol. The first kappa shape index (κ1) is 11.9. The summed E-state index contributed by atoms with van der Waals surface area (Å²) in [4.78, 5) is 23.1. The van der Waals surface area contributed by atoms with E-state index >= 15 is 0 Å². The molecule has 0 saturated heterocycles. The number of pyridine rings is 1. The van der Waals surface area contributed by atoms with E-state index in [1.165, 1.54) is 12.3 Å². The number of carbonyl (C=O) groups is 1. The van der Waals surface area contributed by atoms with E-state index in [9.17, 15) is 4.79 Å². The van der Waals surface area contributed by atoms with E-state index < -0.39 is 0 Å². The number of rotatable bonds is 2. The molecular formula is C14H9N5O. The summed E-state index contributed by atoms with van der Waals surface area (Å²) in [5, 5.41) is 11.6. The quantitative estimate of drug-likeness (QED) is 0.740. The lowest BCUT2D eigenvalue weighted by atomic mass is 10.2. The number of aromatic nitrogens is 3. The summed E-state index contributed by atoms with van der Waals surface area (Å²) >= 11 is 0. The third-order valence-corrected chi connectivity index (χ3v) is 2.83. The number of hydrogen-bond acceptors (Lipinski definition) is 4. The van der Waals surface area contributed by atoms with E-state index in [-0.39, 0.29) is 11.6 Å². The van der Waals surface area contributed by atoms with Crippen molar-refractivity contribution in [2.45, 2.75) is 0 Å². The molecule has 0 fully saturated rings. The Labute approximate surface area is 114 Å². The van der Waals surface area contributed by atoms with Crippen LogP contribution in [0.15, 0.2) is 42.9 Å². The molecule has 2 N–H and O–H groups in total. The first-order valence-electron chi connectivity index (χ1n) is 5.87. The van der Waals surface area contributed by atoms with Gasteiger partial charge in [-0.2, -0.15) is 5.26 Å². The minimum atomic E-state index is -0.306. The highest BCUT2D eigenvalue weighted by molar-refractivity contribution is 6.08. The van der Waals surface area contributed by atoms with Crippen molar-refractivity contribution < 1.29 is 4.79 Å². The minimum absolute atomic E-state index is 0.204. The molecule has 0 aliphatic rings. The van der Waals surface area contributed by atoms with Gasteiger partial charge in [-0.05, 0) is 24.3 Å². The maximum Gasteiger partial charge on any atom is 0.255 e. The lowest BCUT2D eigenvalue weighted by Crippen LogP contribution is -2.12. The van der Waals surface area contributed by atoms with E-state index in [0.29, 0.717) is 16.8 Å². The van der Waals surface area contributed by atoms with Gasteiger partial charge in [0.2, 0.25) is 0 Å². The van der Waals surface area contributed by atoms with Gasteiger partial charge in [-0.25, -0.2) is 9.97 Å². The Hall–Kier alpha value is -3.20. The fourth-order valence-electron chi connectivity index (χ4n) is 1.89. The van der Waals surface area contributed by atoms with E-state index in [4.69, 9.17) is 5.26 Å². The number of para-hydroxylation sites is 1. The van der Waals surface area contributed by atoms with Gasteiger partial charge < -0.3 is 10.3 Å². The van der Waals surface area contributed by atoms with Crippen LogP contribution in [0.2, 0.25) is 0 Å². The number of anilines is 1. The summed E-state index contributed by atoms with van der Waals surface area (Å²) in [5.74, 6) is -0.306. The number of aromatic amines is 1. The number of nitrogens with one attached hydrogen (secondary N) is 2. The largest absolute Gasteiger partial charge is 0.345 e. The number of hydrogen-bond donors (Lipinski definition) is 2. The zero-order valence-electron chi connectivity index (χ0n) is 10.3. The average Bonchev–Trinajstić information content (AvgIpc) is 2.97. The lowest BCUT2D eigenvalue weighted by Gasteiger charge is -2.05. The summed E-state index contributed by atoms with van der Waals surface area (Å²) in [7, 11) is 0. The third-order valence-electron chi connectivity index (χ3n) is 2.83. The van der Waals surface area contributed by atoms with Crippen LogP contribution in [0.3, 0.4) is 0 Å². The normalized spacial score (nSPS) is 10.2. The molecule has 1 aromatic carbocycles. The summed E-state index contributed by atoms with van der Waals surface area (Å²) in [6.45, 7) is 0. The van der Waals surface area contributed by atoms with Crippen molar-refractivity contribution in [2.75, 3.05) is 5.32 Å². The molecule has 0 aliphatic carbocycles. The van der Waals surface area contributed by atoms with Crippen molar-refractivity contribution in [2.24, 2.45) is 0 Å². The Kier molecular flexibility index (Phi) is 2.86. The maximum atomic E-state index is 12.2. The van der Waals surface area contributed by atoms with Crippen molar-refractivity contribution in [1.82, 2.24) is 15.0 Å². The molecular weight excluding hydrogens is 254 g/mol. The topological polar surface area (TPSA) is 94.5 Å². The molecule has 20 heavy (non-hydrogen) atoms. The van der Waals surface area contributed by atoms with Crippen molar-refractivity contribution in [3.63, 3.8) is 0 Å². The molecule has 1 amide bonds. The van der Waals surface area contributed by atoms with Crippen molar-refractivity contribution in [3.8, 4) is 6.07 Å². The summed E-state index contributed by atoms with van der Waals surface area (Å²) in [6, 6.07) is 10.4. The Morgan fingerprint density at radius 2 is 2.20 bits per heavy atom. The van der Waals surface area contributed by atoms with Gasteiger partial charge >= 0.3 is 0 Å². The third kappa shape index (κ3) is 2.08. The van der Waals surface area contributed by atoms with Crippen LogP contribution in [0.5, 0.6) is 0 Å². The van der Waals surface area contributed by atoms with Crippen LogP contribution in [0.4, 0.5) is 5.69 Å². The van der Waals surface area contributed by atoms with Crippen LogP contribution < -0.4 is 5.32 Å². The van der Waals surface area contributed by atoms with Gasteiger partial charge in [-0.15, -0.1) is 0 Å². The first-order valence-corrected chi connectivity index (χ1v) is 5.87. The molecule has 0 saturated carbocycles. The smallest absolute Gasteiger partial charge is 0.255 e. The van der Waals surface area contributed by atoms with Crippen LogP contribution in [0.25, 0.3) is 11.0 Å². The van der Waals surface area contributed by atoms with Crippen molar-refractivity contribution >= 4 is 22.6 Å². The fourth-order valence-corrected chi connectivity index (χ4v) is 1.89. The minimum Gasteiger partial charge on any atom is -0.345 e. The Morgan fingerprint density at radius 1 is 1.30 bits per heavy atom. The van der Waals surface area contributed by atoms with Crippen LogP contribution in [-0.2, 0) is 0 Å². The molecule has 0 aliphatic heterocycles. The summed E-state index contributed by atoms with van der Waals surface area (Å²) < 4.78 is 0. The highest BCUT2D eigenvalue weighted by Gasteiger charge is 2.10. The molecule has 0 radical (unpaired) electrons. The molecule has 6 nitrogen and oxygen atoms in total. The van der Waals surface area contributed by atoms with Gasteiger partial charge in [0.25, 0.3) is 5.91 Å². The van der Waals surface area contributed by atoms with Gasteiger partial charge in [0.05, 0.1) is 17.5 Å². The van der Waals surface area contributed by atoms with Crippen LogP contribution >= 0.6 is 0 Å². The number of nitriles is 1. The number of nitrogens with zero attached hydrogens (tertiary/aromatic N) is 3. The molecule has 2 aromatic heterocycles. The second kappa shape index (κ2) is 4.82. The zero-order chi connectivity index (χ0) is 13.9. The number of fused-ring (bicyclic) bond motifs is 1. The van der Waals surface area contributed by atoms with Gasteiger partial charge in [-0.1, -0.05) is 6.07 Å². The van der Waals surface area contributed by atoms with Crippen LogP contribution in [0, 0.1) is 11.3 Å². The molecule has 3 aromatic rings. The number of carbonyl (C=O) groups excluding carboxylic acids is 1. The molecule has 6 heteroatoms. The van der Waals surface area contributed by atoms with E-state index in [1.807, 2.05) is 18.2 Å². The second-order valence-corrected chi connectivity index (χ2v) is 4.10. The summed E-state index contributed by atoms with van der Waals surface area (Å²) in [6.07, 6.45) is 3.00. The zero-order valence-corrected chi connectivity index (χ0v) is 10.3. The van der Waals surface area contributed by atoms with Crippen molar-refractivity contribution in [1.29, 1.82) is 5.26 Å². The van der Waals surface area contributed by atoms with Gasteiger partial charge in [0.15, 0.2) is 0 Å². The lowest BCUT2D eigenvalue weighted by molar-refractivity contribution is 0.102. The molecule has 0 unspecified atom stereocenters. The highest BCUT2D eigenvalue weighted by Crippen LogP contribution is 2.20. The van der Waals surface area contributed by atoms with Gasteiger partial charge in [0.1, 0.15) is 17.3 Å². The monoisotopic (exact) mass is 263 g/mol. The predicted octanol–water partition coefficient (Wildman–Crippen LogP) is 2.08. The fraction of sp³-hybridized carbons (Fsp3) is 0. The van der Waals surface area contributed by atoms with Crippen LogP contribution in [-0.4, -0.2) is 20.9 Å². The van der Waals surface area contributed by atoms with Gasteiger partial charge in [0, 0.05) is 11.8 Å². The Morgan fingerprint density at radius 3 is 3.05 bits per heavy atom. The molecule has 2 heterocycles. The molecule has 3 rings (SSSR count). The van der Waals surface area contributed by atoms with Crippen LogP contribution in [0.1, 0.15) is 16.1 Å². The van der Waals surface area contributed by atoms with E-state index in [1.54, 1.807) is 18.5 Å². The number of H-pyrrole nitrogens is 1.